The van der Waals surface area contributed by atoms with Crippen LogP contribution in [0.2, 0.25) is 5.02 Å². The Morgan fingerprint density at radius 2 is 1.92 bits per heavy atom. The van der Waals surface area contributed by atoms with Crippen molar-refractivity contribution < 1.29 is 9.21 Å². The lowest BCUT2D eigenvalue weighted by atomic mass is 10.1. The first kappa shape index (κ1) is 16.9. The van der Waals surface area contributed by atoms with Gasteiger partial charge in [-0.2, -0.15) is 0 Å². The average molecular weight is 349 g/mol. The minimum atomic E-state index is -0.0988. The number of amides is 1. The molecule has 0 radical (unpaired) electrons. The van der Waals surface area contributed by atoms with Crippen LogP contribution in [0.3, 0.4) is 0 Å². The zero-order valence-electron chi connectivity index (χ0n) is 13.5. The van der Waals surface area contributed by atoms with Gasteiger partial charge in [0.15, 0.2) is 0 Å². The van der Waals surface area contributed by atoms with Crippen LogP contribution in [0.4, 0.5) is 6.01 Å². The molecule has 1 saturated heterocycles. The van der Waals surface area contributed by atoms with Crippen LogP contribution in [0.25, 0.3) is 11.5 Å². The van der Waals surface area contributed by atoms with E-state index in [1.165, 1.54) is 19.3 Å². The fourth-order valence-electron chi connectivity index (χ4n) is 2.81. The molecule has 7 heteroatoms. The van der Waals surface area contributed by atoms with E-state index in [-0.39, 0.29) is 11.9 Å². The van der Waals surface area contributed by atoms with Crippen molar-refractivity contribution in [3.05, 3.63) is 29.3 Å². The zero-order chi connectivity index (χ0) is 16.8. The maximum atomic E-state index is 12.0. The van der Waals surface area contributed by atoms with Crippen molar-refractivity contribution in [2.75, 3.05) is 25.0 Å². The van der Waals surface area contributed by atoms with Crippen LogP contribution in [0, 0.1) is 0 Å². The third kappa shape index (κ3) is 4.79. The number of anilines is 1. The summed E-state index contributed by atoms with van der Waals surface area (Å²) in [7, 11) is 0. The Hall–Kier alpha value is -1.92. The van der Waals surface area contributed by atoms with Gasteiger partial charge in [-0.15, -0.1) is 5.10 Å². The van der Waals surface area contributed by atoms with Gasteiger partial charge in [-0.3, -0.25) is 10.1 Å². The van der Waals surface area contributed by atoms with Crippen molar-refractivity contribution in [2.45, 2.75) is 32.1 Å². The molecule has 6 nitrogen and oxygen atoms in total. The summed E-state index contributed by atoms with van der Waals surface area (Å²) in [5.41, 5.74) is 0.762. The first-order valence-electron chi connectivity index (χ1n) is 8.32. The van der Waals surface area contributed by atoms with Crippen molar-refractivity contribution in [3.8, 4) is 11.5 Å². The number of piperidine rings is 1. The fraction of sp³-hybridized carbons (Fsp3) is 0.471. The SMILES string of the molecule is O=C(CCCN1CCCCC1)Nc1nnc(-c2ccc(Cl)cc2)o1. The normalized spacial score (nSPS) is 15.4. The van der Waals surface area contributed by atoms with Crippen LogP contribution in [-0.4, -0.2) is 40.6 Å². The summed E-state index contributed by atoms with van der Waals surface area (Å²) in [6, 6.07) is 7.21. The summed E-state index contributed by atoms with van der Waals surface area (Å²) in [6.07, 6.45) is 5.15. The molecule has 24 heavy (non-hydrogen) atoms. The first-order valence-corrected chi connectivity index (χ1v) is 8.70. The Morgan fingerprint density at radius 1 is 1.17 bits per heavy atom. The van der Waals surface area contributed by atoms with Gasteiger partial charge in [0.1, 0.15) is 0 Å². The van der Waals surface area contributed by atoms with E-state index in [4.69, 9.17) is 16.0 Å². The summed E-state index contributed by atoms with van der Waals surface area (Å²) in [6.45, 7) is 3.26. The second-order valence-electron chi connectivity index (χ2n) is 5.97. The number of likely N-dealkylation sites (tertiary alicyclic amines) is 1. The van der Waals surface area contributed by atoms with E-state index < -0.39 is 0 Å². The molecule has 1 amide bonds. The minimum Gasteiger partial charge on any atom is -0.403 e. The van der Waals surface area contributed by atoms with E-state index in [1.807, 2.05) is 0 Å². The summed E-state index contributed by atoms with van der Waals surface area (Å²) in [4.78, 5) is 14.4. The molecule has 128 valence electrons. The minimum absolute atomic E-state index is 0.0988. The van der Waals surface area contributed by atoms with Crippen LogP contribution >= 0.6 is 11.6 Å². The van der Waals surface area contributed by atoms with E-state index >= 15 is 0 Å². The van der Waals surface area contributed by atoms with Crippen molar-refractivity contribution in [1.82, 2.24) is 15.1 Å². The highest BCUT2D eigenvalue weighted by Crippen LogP contribution is 2.21. The molecule has 1 aromatic heterocycles. The third-order valence-corrected chi connectivity index (χ3v) is 4.34. The van der Waals surface area contributed by atoms with E-state index in [1.54, 1.807) is 24.3 Å². The molecule has 1 fully saturated rings. The van der Waals surface area contributed by atoms with E-state index in [0.29, 0.717) is 17.3 Å². The third-order valence-electron chi connectivity index (χ3n) is 4.09. The molecule has 0 atom stereocenters. The number of hydrogen-bond acceptors (Lipinski definition) is 5. The van der Waals surface area contributed by atoms with Gasteiger partial charge in [0, 0.05) is 17.0 Å². The monoisotopic (exact) mass is 348 g/mol. The lowest BCUT2D eigenvalue weighted by Crippen LogP contribution is -2.31. The average Bonchev–Trinajstić information content (AvgIpc) is 3.05. The zero-order valence-corrected chi connectivity index (χ0v) is 14.3. The van der Waals surface area contributed by atoms with Crippen LogP contribution < -0.4 is 5.32 Å². The Morgan fingerprint density at radius 3 is 2.67 bits per heavy atom. The summed E-state index contributed by atoms with van der Waals surface area (Å²) >= 11 is 5.85. The van der Waals surface area contributed by atoms with Gasteiger partial charge in [0.05, 0.1) is 0 Å². The quantitative estimate of drug-likeness (QED) is 0.863. The van der Waals surface area contributed by atoms with E-state index in [2.05, 4.69) is 20.4 Å². The van der Waals surface area contributed by atoms with Crippen LogP contribution in [0.5, 0.6) is 0 Å². The van der Waals surface area contributed by atoms with Gasteiger partial charge >= 0.3 is 6.01 Å². The number of carbonyl (C=O) groups is 1. The molecule has 3 rings (SSSR count). The number of hydrogen-bond donors (Lipinski definition) is 1. The molecule has 0 bridgehead atoms. The van der Waals surface area contributed by atoms with Crippen molar-refractivity contribution >= 4 is 23.5 Å². The molecular weight excluding hydrogens is 328 g/mol. The first-order chi connectivity index (χ1) is 11.7. The highest BCUT2D eigenvalue weighted by molar-refractivity contribution is 6.30. The number of carbonyl (C=O) groups excluding carboxylic acids is 1. The largest absolute Gasteiger partial charge is 0.403 e. The number of halogens is 1. The number of rotatable bonds is 6. The predicted molar refractivity (Wildman–Crippen MR) is 92.9 cm³/mol. The molecule has 0 aliphatic carbocycles. The molecule has 1 aliphatic rings. The molecule has 0 spiro atoms. The number of benzene rings is 1. The van der Waals surface area contributed by atoms with Gasteiger partial charge in [-0.1, -0.05) is 23.1 Å². The molecule has 0 saturated carbocycles. The maximum Gasteiger partial charge on any atom is 0.322 e. The van der Waals surface area contributed by atoms with Gasteiger partial charge in [-0.25, -0.2) is 0 Å². The number of nitrogens with one attached hydrogen (secondary N) is 1. The standard InChI is InChI=1S/C17H21ClN4O2/c18-14-8-6-13(7-9-14)16-20-21-17(24-16)19-15(23)5-4-12-22-10-2-1-3-11-22/h6-9H,1-5,10-12H2,(H,19,21,23). The lowest BCUT2D eigenvalue weighted by molar-refractivity contribution is -0.116. The van der Waals surface area contributed by atoms with Gasteiger partial charge in [-0.05, 0) is 63.2 Å². The summed E-state index contributed by atoms with van der Waals surface area (Å²) < 4.78 is 5.47. The molecule has 1 aliphatic heterocycles. The van der Waals surface area contributed by atoms with Crippen LogP contribution in [-0.2, 0) is 4.79 Å². The Labute approximate surface area is 146 Å². The fourth-order valence-corrected chi connectivity index (χ4v) is 2.94. The van der Waals surface area contributed by atoms with Crippen molar-refractivity contribution in [2.24, 2.45) is 0 Å². The Kier molecular flexibility index (Phi) is 5.82. The summed E-state index contributed by atoms with van der Waals surface area (Å²) in [5, 5.41) is 11.1. The second kappa shape index (κ2) is 8.26. The van der Waals surface area contributed by atoms with Crippen molar-refractivity contribution in [1.29, 1.82) is 0 Å². The van der Waals surface area contributed by atoms with Crippen molar-refractivity contribution in [3.63, 3.8) is 0 Å². The summed E-state index contributed by atoms with van der Waals surface area (Å²) in [5.74, 6) is 0.258. The Balaban J connectivity index is 1.45. The molecule has 1 aromatic carbocycles. The van der Waals surface area contributed by atoms with Crippen LogP contribution in [0.1, 0.15) is 32.1 Å². The van der Waals surface area contributed by atoms with E-state index in [0.717, 1.165) is 31.6 Å². The van der Waals surface area contributed by atoms with Crippen LogP contribution in [0.15, 0.2) is 28.7 Å². The maximum absolute atomic E-state index is 12.0. The van der Waals surface area contributed by atoms with E-state index in [9.17, 15) is 4.79 Å². The molecular formula is C17H21ClN4O2. The highest BCUT2D eigenvalue weighted by Gasteiger charge is 2.13. The molecule has 2 aromatic rings. The molecule has 2 heterocycles. The lowest BCUT2D eigenvalue weighted by Gasteiger charge is -2.26. The molecule has 1 N–H and O–H groups in total. The number of nitrogens with zero attached hydrogens (tertiary/aromatic N) is 3. The number of aromatic nitrogens is 2. The molecule has 0 unspecified atom stereocenters. The highest BCUT2D eigenvalue weighted by atomic mass is 35.5. The second-order valence-corrected chi connectivity index (χ2v) is 6.41. The van der Waals surface area contributed by atoms with Gasteiger partial charge < -0.3 is 9.32 Å². The van der Waals surface area contributed by atoms with Gasteiger partial charge in [0.2, 0.25) is 11.8 Å². The smallest absolute Gasteiger partial charge is 0.322 e. The predicted octanol–water partition coefficient (Wildman–Crippen LogP) is 3.59. The topological polar surface area (TPSA) is 71.3 Å². The Bertz CT molecular complexity index is 665. The van der Waals surface area contributed by atoms with Gasteiger partial charge in [0.25, 0.3) is 0 Å².